The highest BCUT2D eigenvalue weighted by Crippen LogP contribution is 2.32. The minimum Gasteiger partial charge on any atom is -0.456 e. The molecule has 0 aromatic heterocycles. The zero-order chi connectivity index (χ0) is 23.8. The van der Waals surface area contributed by atoms with Crippen molar-refractivity contribution in [3.05, 3.63) is 54.1 Å². The third kappa shape index (κ3) is 12.3. The van der Waals surface area contributed by atoms with Gasteiger partial charge in [-0.05, 0) is 36.6 Å². The van der Waals surface area contributed by atoms with Gasteiger partial charge in [0.2, 0.25) is 0 Å². The minimum atomic E-state index is -4.38. The second-order valence-corrected chi connectivity index (χ2v) is 10.3. The lowest BCUT2D eigenvalue weighted by atomic mass is 10.0. The molecule has 4 nitrogen and oxygen atoms in total. The van der Waals surface area contributed by atoms with Gasteiger partial charge in [0.05, 0.1) is 0 Å². The van der Waals surface area contributed by atoms with Crippen LogP contribution in [0.1, 0.15) is 102 Å². The molecule has 0 saturated heterocycles. The Kier molecular flexibility index (Phi) is 16.0. The Morgan fingerprint density at radius 2 is 1.18 bits per heavy atom. The first-order chi connectivity index (χ1) is 16.0. The van der Waals surface area contributed by atoms with Crippen molar-refractivity contribution in [1.29, 1.82) is 0 Å². The number of hydrogen-bond donors (Lipinski definition) is 1. The van der Waals surface area contributed by atoms with Crippen molar-refractivity contribution < 1.29 is 17.7 Å². The number of aryl methyl sites for hydroxylation is 1. The molecule has 0 radical (unpaired) electrons. The first-order valence-corrected chi connectivity index (χ1v) is 14.3. The van der Waals surface area contributed by atoms with E-state index in [1.807, 2.05) is 18.2 Å². The Balaban J connectivity index is 0.00000578. The quantitative estimate of drug-likeness (QED) is 0.161. The fourth-order valence-corrected chi connectivity index (χ4v) is 5.12. The summed E-state index contributed by atoms with van der Waals surface area (Å²) in [4.78, 5) is -0.108. The summed E-state index contributed by atoms with van der Waals surface area (Å²) in [6, 6.07) is 14.2. The molecule has 0 atom stereocenters. The van der Waals surface area contributed by atoms with E-state index in [2.05, 4.69) is 6.92 Å². The van der Waals surface area contributed by atoms with Gasteiger partial charge in [-0.15, -0.1) is 0 Å². The smallest absolute Gasteiger partial charge is 0.298 e. The van der Waals surface area contributed by atoms with Crippen LogP contribution in [0.5, 0.6) is 11.5 Å². The van der Waals surface area contributed by atoms with Crippen LogP contribution in [0.3, 0.4) is 0 Å². The van der Waals surface area contributed by atoms with Crippen LogP contribution in [0.25, 0.3) is 0 Å². The molecular weight excluding hydrogens is 464 g/mol. The normalized spacial score (nSPS) is 11.2. The maximum atomic E-state index is 12.1. The highest BCUT2D eigenvalue weighted by atomic mass is 32.2. The van der Waals surface area contributed by atoms with E-state index in [1.54, 1.807) is 30.3 Å². The van der Waals surface area contributed by atoms with E-state index in [9.17, 15) is 13.0 Å². The lowest BCUT2D eigenvalue weighted by molar-refractivity contribution is 0.447. The summed E-state index contributed by atoms with van der Waals surface area (Å²) >= 11 is 0. The van der Waals surface area contributed by atoms with E-state index in [0.29, 0.717) is 17.7 Å². The SMILES string of the molecule is CCCCCCCCCCCCCCCCc1cccc(Oc2ccccc2)c1S(=O)(=O)O.S. The molecule has 6 heteroatoms. The van der Waals surface area contributed by atoms with Crippen LogP contribution in [-0.2, 0) is 16.5 Å². The molecule has 2 aromatic carbocycles. The van der Waals surface area contributed by atoms with E-state index < -0.39 is 10.1 Å². The van der Waals surface area contributed by atoms with Gasteiger partial charge in [0.15, 0.2) is 0 Å². The van der Waals surface area contributed by atoms with E-state index in [4.69, 9.17) is 4.74 Å². The van der Waals surface area contributed by atoms with Gasteiger partial charge in [-0.1, -0.05) is 121 Å². The summed E-state index contributed by atoms with van der Waals surface area (Å²) in [5.74, 6) is 0.711. The van der Waals surface area contributed by atoms with E-state index in [0.717, 1.165) is 12.8 Å². The third-order valence-electron chi connectivity index (χ3n) is 6.09. The van der Waals surface area contributed by atoms with Gasteiger partial charge in [-0.25, -0.2) is 0 Å². The van der Waals surface area contributed by atoms with Gasteiger partial charge < -0.3 is 4.74 Å². The Labute approximate surface area is 214 Å². The molecule has 0 spiro atoms. The first-order valence-electron chi connectivity index (χ1n) is 12.8. The number of benzene rings is 2. The second kappa shape index (κ2) is 17.9. The Hall–Kier alpha value is -1.50. The fraction of sp³-hybridized carbons (Fsp3) is 0.571. The highest BCUT2D eigenvalue weighted by Gasteiger charge is 2.21. The van der Waals surface area contributed by atoms with Gasteiger partial charge in [0.25, 0.3) is 10.1 Å². The van der Waals surface area contributed by atoms with Crippen LogP contribution < -0.4 is 4.74 Å². The Morgan fingerprint density at radius 3 is 1.68 bits per heavy atom. The molecule has 192 valence electrons. The number of rotatable bonds is 18. The molecule has 0 fully saturated rings. The van der Waals surface area contributed by atoms with Gasteiger partial charge in [0.1, 0.15) is 16.4 Å². The summed E-state index contributed by atoms with van der Waals surface area (Å²) in [6.45, 7) is 2.26. The summed E-state index contributed by atoms with van der Waals surface area (Å²) in [7, 11) is -4.38. The van der Waals surface area contributed by atoms with Crippen LogP contribution in [0, 0.1) is 0 Å². The van der Waals surface area contributed by atoms with Crippen molar-refractivity contribution in [2.45, 2.75) is 108 Å². The maximum Gasteiger partial charge on any atom is 0.298 e. The first kappa shape index (κ1) is 30.5. The molecule has 0 amide bonds. The topological polar surface area (TPSA) is 63.6 Å². The monoisotopic (exact) mass is 508 g/mol. The third-order valence-corrected chi connectivity index (χ3v) is 7.07. The number of para-hydroxylation sites is 1. The zero-order valence-corrected chi connectivity index (χ0v) is 22.6. The molecule has 2 rings (SSSR count). The van der Waals surface area contributed by atoms with Crippen LogP contribution >= 0.6 is 13.5 Å². The highest BCUT2D eigenvalue weighted by molar-refractivity contribution is 7.86. The van der Waals surface area contributed by atoms with Gasteiger partial charge in [-0.2, -0.15) is 21.9 Å². The molecule has 0 aliphatic rings. The molecule has 0 unspecified atom stereocenters. The summed E-state index contributed by atoms with van der Waals surface area (Å²) in [5, 5.41) is 0. The van der Waals surface area contributed by atoms with Crippen LogP contribution in [-0.4, -0.2) is 13.0 Å². The van der Waals surface area contributed by atoms with Crippen LogP contribution in [0.2, 0.25) is 0 Å². The van der Waals surface area contributed by atoms with E-state index in [1.165, 1.54) is 77.0 Å². The Bertz CT molecular complexity index is 883. The van der Waals surface area contributed by atoms with E-state index >= 15 is 0 Å². The predicted octanol–water partition coefficient (Wildman–Crippen LogP) is 8.86. The predicted molar refractivity (Wildman–Crippen MR) is 147 cm³/mol. The molecular formula is C28H44O4S2. The van der Waals surface area contributed by atoms with Crippen molar-refractivity contribution in [3.8, 4) is 11.5 Å². The van der Waals surface area contributed by atoms with Gasteiger partial charge in [-0.3, -0.25) is 4.55 Å². The second-order valence-electron chi connectivity index (χ2n) is 8.98. The average molecular weight is 509 g/mol. The lowest BCUT2D eigenvalue weighted by Gasteiger charge is -2.13. The molecule has 2 aromatic rings. The zero-order valence-electron chi connectivity index (χ0n) is 20.8. The molecule has 0 aliphatic heterocycles. The number of unbranched alkanes of at least 4 members (excludes halogenated alkanes) is 13. The molecule has 34 heavy (non-hydrogen) atoms. The van der Waals surface area contributed by atoms with E-state index in [-0.39, 0.29) is 24.1 Å². The summed E-state index contributed by atoms with van der Waals surface area (Å²) in [5.41, 5.74) is 0.616. The van der Waals surface area contributed by atoms with Gasteiger partial charge >= 0.3 is 0 Å². The van der Waals surface area contributed by atoms with Crippen LogP contribution in [0.15, 0.2) is 53.4 Å². The van der Waals surface area contributed by atoms with Crippen molar-refractivity contribution in [2.24, 2.45) is 0 Å². The molecule has 0 heterocycles. The lowest BCUT2D eigenvalue weighted by Crippen LogP contribution is -2.06. The average Bonchev–Trinajstić information content (AvgIpc) is 2.79. The number of ether oxygens (including phenoxy) is 1. The number of hydrogen-bond acceptors (Lipinski definition) is 3. The molecule has 0 bridgehead atoms. The standard InChI is InChI=1S/C28H42O4S.H2S/c1-2-3-4-5-6-7-8-9-10-11-12-13-14-16-20-25-21-19-24-27(28(25)33(29,30)31)32-26-22-17-15-18-23-26;/h15,17-19,21-24H,2-14,16,20H2,1H3,(H,29,30,31);1H2. The fourth-order valence-electron chi connectivity index (χ4n) is 4.26. The van der Waals surface area contributed by atoms with Crippen molar-refractivity contribution in [1.82, 2.24) is 0 Å². The largest absolute Gasteiger partial charge is 0.456 e. The van der Waals surface area contributed by atoms with Crippen molar-refractivity contribution in [3.63, 3.8) is 0 Å². The summed E-state index contributed by atoms with van der Waals surface area (Å²) in [6.07, 6.45) is 18.5. The Morgan fingerprint density at radius 1 is 0.676 bits per heavy atom. The minimum absolute atomic E-state index is 0. The van der Waals surface area contributed by atoms with Crippen molar-refractivity contribution >= 4 is 23.6 Å². The molecule has 0 saturated carbocycles. The van der Waals surface area contributed by atoms with Crippen LogP contribution in [0.4, 0.5) is 0 Å². The molecule has 1 N–H and O–H groups in total. The maximum absolute atomic E-state index is 12.1. The van der Waals surface area contributed by atoms with Crippen molar-refractivity contribution in [2.75, 3.05) is 0 Å². The van der Waals surface area contributed by atoms with Gasteiger partial charge in [0, 0.05) is 0 Å². The summed E-state index contributed by atoms with van der Waals surface area (Å²) < 4.78 is 39.8. The molecule has 0 aliphatic carbocycles.